The zero-order valence-corrected chi connectivity index (χ0v) is 10.8. The fourth-order valence-corrected chi connectivity index (χ4v) is 1.90. The van der Waals surface area contributed by atoms with Gasteiger partial charge in [-0.2, -0.15) is 11.8 Å². The van der Waals surface area contributed by atoms with E-state index in [1.54, 1.807) is 13.3 Å². The minimum atomic E-state index is 0.660. The van der Waals surface area contributed by atoms with E-state index in [1.165, 1.54) is 25.0 Å². The van der Waals surface area contributed by atoms with Gasteiger partial charge in [0, 0.05) is 24.5 Å². The summed E-state index contributed by atoms with van der Waals surface area (Å²) in [5.74, 6) is 1.93. The van der Waals surface area contributed by atoms with Gasteiger partial charge in [0.05, 0.1) is 7.11 Å². The molecule has 3 nitrogen and oxygen atoms in total. The van der Waals surface area contributed by atoms with Crippen LogP contribution in [0.1, 0.15) is 19.3 Å². The fraction of sp³-hybridized carbons (Fsp3) is 0.583. The van der Waals surface area contributed by atoms with Gasteiger partial charge in [-0.15, -0.1) is 0 Å². The Bertz CT molecular complexity index is 294. The molecule has 90 valence electrons. The van der Waals surface area contributed by atoms with Crippen LogP contribution in [0.3, 0.4) is 0 Å². The summed E-state index contributed by atoms with van der Waals surface area (Å²) in [4.78, 5) is 4.06. The summed E-state index contributed by atoms with van der Waals surface area (Å²) in [6.45, 7) is 1.02. The van der Waals surface area contributed by atoms with E-state index in [-0.39, 0.29) is 0 Å². The van der Waals surface area contributed by atoms with Crippen LogP contribution >= 0.6 is 11.8 Å². The number of nitrogens with one attached hydrogen (secondary N) is 1. The molecular weight excluding hydrogens is 220 g/mol. The van der Waals surface area contributed by atoms with Crippen LogP contribution in [0.4, 0.5) is 5.69 Å². The molecule has 1 N–H and O–H groups in total. The van der Waals surface area contributed by atoms with Crippen molar-refractivity contribution in [2.24, 2.45) is 0 Å². The number of thioether (sulfide) groups is 1. The van der Waals surface area contributed by atoms with Crippen LogP contribution in [-0.2, 0) is 0 Å². The first-order chi connectivity index (χ1) is 7.86. The number of hydrogen-bond acceptors (Lipinski definition) is 4. The predicted octanol–water partition coefficient (Wildman–Crippen LogP) is 3.04. The molecule has 1 aromatic rings. The Labute approximate surface area is 102 Å². The van der Waals surface area contributed by atoms with E-state index < -0.39 is 0 Å². The second-order valence-corrected chi connectivity index (χ2v) is 4.55. The molecule has 0 spiro atoms. The molecule has 0 unspecified atom stereocenters. The first kappa shape index (κ1) is 13.2. The van der Waals surface area contributed by atoms with Crippen molar-refractivity contribution in [3.05, 3.63) is 18.3 Å². The Balaban J connectivity index is 2.16. The molecule has 0 bridgehead atoms. The minimum absolute atomic E-state index is 0.660. The van der Waals surface area contributed by atoms with Crippen molar-refractivity contribution < 1.29 is 4.74 Å². The summed E-state index contributed by atoms with van der Waals surface area (Å²) < 4.78 is 5.06. The third-order valence-electron chi connectivity index (χ3n) is 2.30. The van der Waals surface area contributed by atoms with Crippen LogP contribution in [0.2, 0.25) is 0 Å². The lowest BCUT2D eigenvalue weighted by atomic mass is 10.2. The van der Waals surface area contributed by atoms with Crippen molar-refractivity contribution >= 4 is 17.4 Å². The molecule has 0 saturated carbocycles. The number of pyridine rings is 1. The molecule has 0 fully saturated rings. The van der Waals surface area contributed by atoms with Crippen molar-refractivity contribution in [2.75, 3.05) is 31.0 Å². The van der Waals surface area contributed by atoms with E-state index in [1.807, 2.05) is 23.9 Å². The molecule has 1 rings (SSSR count). The van der Waals surface area contributed by atoms with E-state index in [2.05, 4.69) is 16.6 Å². The summed E-state index contributed by atoms with van der Waals surface area (Å²) in [7, 11) is 1.63. The second-order valence-electron chi connectivity index (χ2n) is 3.57. The van der Waals surface area contributed by atoms with E-state index in [4.69, 9.17) is 4.74 Å². The highest BCUT2D eigenvalue weighted by Gasteiger charge is 1.95. The van der Waals surface area contributed by atoms with Gasteiger partial charge in [-0.25, -0.2) is 4.98 Å². The average Bonchev–Trinajstić information content (AvgIpc) is 2.34. The number of rotatable bonds is 8. The fourth-order valence-electron chi connectivity index (χ4n) is 1.41. The quantitative estimate of drug-likeness (QED) is 0.708. The largest absolute Gasteiger partial charge is 0.481 e. The van der Waals surface area contributed by atoms with Gasteiger partial charge in [-0.05, 0) is 30.9 Å². The highest BCUT2D eigenvalue weighted by atomic mass is 32.2. The normalized spacial score (nSPS) is 10.1. The standard InChI is InChI=1S/C12H20N2OS/c1-15-12-10-11(6-8-14-12)13-7-4-3-5-9-16-2/h6,8,10H,3-5,7,9H2,1-2H3,(H,13,14). The molecule has 0 aliphatic rings. The SMILES string of the molecule is COc1cc(NCCCCCSC)ccn1. The Hall–Kier alpha value is -0.900. The number of anilines is 1. The lowest BCUT2D eigenvalue weighted by molar-refractivity contribution is 0.398. The number of aromatic nitrogens is 1. The zero-order chi connectivity index (χ0) is 11.6. The predicted molar refractivity (Wildman–Crippen MR) is 71.5 cm³/mol. The summed E-state index contributed by atoms with van der Waals surface area (Å²) in [6.07, 6.45) is 7.72. The summed E-state index contributed by atoms with van der Waals surface area (Å²) in [5, 5.41) is 3.37. The third kappa shape index (κ3) is 5.26. The van der Waals surface area contributed by atoms with Crippen molar-refractivity contribution in [3.63, 3.8) is 0 Å². The van der Waals surface area contributed by atoms with Gasteiger partial charge in [0.15, 0.2) is 0 Å². The molecule has 0 aliphatic heterocycles. The maximum Gasteiger partial charge on any atom is 0.214 e. The van der Waals surface area contributed by atoms with Crippen molar-refractivity contribution in [3.8, 4) is 5.88 Å². The number of methoxy groups -OCH3 is 1. The summed E-state index contributed by atoms with van der Waals surface area (Å²) in [5.41, 5.74) is 1.08. The van der Waals surface area contributed by atoms with Gasteiger partial charge >= 0.3 is 0 Å². The topological polar surface area (TPSA) is 34.1 Å². The van der Waals surface area contributed by atoms with Gasteiger partial charge < -0.3 is 10.1 Å². The van der Waals surface area contributed by atoms with Crippen LogP contribution < -0.4 is 10.1 Å². The smallest absolute Gasteiger partial charge is 0.214 e. The molecule has 1 heterocycles. The molecule has 0 aromatic carbocycles. The van der Waals surface area contributed by atoms with E-state index in [0.717, 1.165) is 12.2 Å². The van der Waals surface area contributed by atoms with Crippen LogP contribution in [0, 0.1) is 0 Å². The van der Waals surface area contributed by atoms with Crippen molar-refractivity contribution in [2.45, 2.75) is 19.3 Å². The van der Waals surface area contributed by atoms with Gasteiger partial charge in [0.1, 0.15) is 0 Å². The van der Waals surface area contributed by atoms with Crippen LogP contribution in [0.5, 0.6) is 5.88 Å². The number of unbranched alkanes of at least 4 members (excludes halogenated alkanes) is 2. The van der Waals surface area contributed by atoms with Crippen LogP contribution in [0.15, 0.2) is 18.3 Å². The maximum atomic E-state index is 5.06. The number of nitrogens with zero attached hydrogens (tertiary/aromatic N) is 1. The van der Waals surface area contributed by atoms with Crippen LogP contribution in [-0.4, -0.2) is 30.6 Å². The van der Waals surface area contributed by atoms with E-state index >= 15 is 0 Å². The van der Waals surface area contributed by atoms with Gasteiger partial charge in [0.25, 0.3) is 0 Å². The highest BCUT2D eigenvalue weighted by molar-refractivity contribution is 7.98. The minimum Gasteiger partial charge on any atom is -0.481 e. The Morgan fingerprint density at radius 1 is 1.38 bits per heavy atom. The first-order valence-electron chi connectivity index (χ1n) is 5.59. The Morgan fingerprint density at radius 2 is 2.25 bits per heavy atom. The number of ether oxygens (including phenoxy) is 1. The second kappa shape index (κ2) is 8.28. The Morgan fingerprint density at radius 3 is 3.00 bits per heavy atom. The summed E-state index contributed by atoms with van der Waals surface area (Å²) in [6, 6.07) is 3.88. The number of hydrogen-bond donors (Lipinski definition) is 1. The highest BCUT2D eigenvalue weighted by Crippen LogP contribution is 2.13. The monoisotopic (exact) mass is 240 g/mol. The lowest BCUT2D eigenvalue weighted by Crippen LogP contribution is -2.02. The molecule has 4 heteroatoms. The van der Waals surface area contributed by atoms with Crippen molar-refractivity contribution in [1.82, 2.24) is 4.98 Å². The van der Waals surface area contributed by atoms with Gasteiger partial charge in [0.2, 0.25) is 5.88 Å². The molecule has 0 aliphatic carbocycles. The molecule has 0 amide bonds. The van der Waals surface area contributed by atoms with Gasteiger partial charge in [-0.1, -0.05) is 6.42 Å². The maximum absolute atomic E-state index is 5.06. The third-order valence-corrected chi connectivity index (χ3v) is 3.00. The first-order valence-corrected chi connectivity index (χ1v) is 6.99. The average molecular weight is 240 g/mol. The van der Waals surface area contributed by atoms with Gasteiger partial charge in [-0.3, -0.25) is 0 Å². The molecule has 0 radical (unpaired) electrons. The molecule has 1 aromatic heterocycles. The molecular formula is C12H20N2OS. The molecule has 0 atom stereocenters. The van der Waals surface area contributed by atoms with Crippen molar-refractivity contribution in [1.29, 1.82) is 0 Å². The lowest BCUT2D eigenvalue weighted by Gasteiger charge is -2.07. The Kier molecular flexibility index (Phi) is 6.81. The zero-order valence-electron chi connectivity index (χ0n) is 10.0. The van der Waals surface area contributed by atoms with E-state index in [9.17, 15) is 0 Å². The molecule has 0 saturated heterocycles. The molecule has 16 heavy (non-hydrogen) atoms. The summed E-state index contributed by atoms with van der Waals surface area (Å²) >= 11 is 1.92. The van der Waals surface area contributed by atoms with E-state index in [0.29, 0.717) is 5.88 Å². The van der Waals surface area contributed by atoms with Crippen LogP contribution in [0.25, 0.3) is 0 Å².